The van der Waals surface area contributed by atoms with Gasteiger partial charge in [-0.3, -0.25) is 4.79 Å². The highest BCUT2D eigenvalue weighted by molar-refractivity contribution is 7.91. The quantitative estimate of drug-likeness (QED) is 0.660. The van der Waals surface area contributed by atoms with E-state index in [4.69, 9.17) is 5.73 Å². The van der Waals surface area contributed by atoms with E-state index < -0.39 is 15.9 Å². The average Bonchev–Trinajstić information content (AvgIpc) is 2.62. The molecule has 0 unspecified atom stereocenters. The third-order valence-electron chi connectivity index (χ3n) is 1.56. The maximum atomic E-state index is 11.5. The zero-order valence-corrected chi connectivity index (χ0v) is 9.61. The van der Waals surface area contributed by atoms with Gasteiger partial charge in [0.1, 0.15) is 4.21 Å². The predicted molar refractivity (Wildman–Crippen MR) is 58.0 cm³/mol. The number of carbonyl (C=O) groups excluding carboxylic acids is 1. The Labute approximate surface area is 91.5 Å². The zero-order valence-electron chi connectivity index (χ0n) is 7.98. The summed E-state index contributed by atoms with van der Waals surface area (Å²) in [6.07, 6.45) is 0. The van der Waals surface area contributed by atoms with Gasteiger partial charge in [-0.15, -0.1) is 11.3 Å². The molecule has 1 aromatic heterocycles. The predicted octanol–water partition coefficient (Wildman–Crippen LogP) is -0.645. The lowest BCUT2D eigenvalue weighted by Gasteiger charge is -2.02. The largest absolute Gasteiger partial charge is 0.398 e. The molecular weight excluding hydrogens is 238 g/mol. The van der Waals surface area contributed by atoms with E-state index in [-0.39, 0.29) is 10.8 Å². The molecule has 15 heavy (non-hydrogen) atoms. The highest BCUT2D eigenvalue weighted by Gasteiger charge is 2.16. The highest BCUT2D eigenvalue weighted by Crippen LogP contribution is 2.20. The molecule has 0 atom stereocenters. The smallest absolute Gasteiger partial charge is 0.250 e. The minimum atomic E-state index is -3.62. The Balaban J connectivity index is 2.72. The lowest BCUT2D eigenvalue weighted by atomic mass is 10.6. The lowest BCUT2D eigenvalue weighted by molar-refractivity contribution is -0.119. The summed E-state index contributed by atoms with van der Waals surface area (Å²) >= 11 is 1.01. The Morgan fingerprint density at radius 1 is 1.60 bits per heavy atom. The van der Waals surface area contributed by atoms with Gasteiger partial charge >= 0.3 is 0 Å². The summed E-state index contributed by atoms with van der Waals surface area (Å²) in [7, 11) is -2.19. The van der Waals surface area contributed by atoms with Crippen LogP contribution in [0.2, 0.25) is 0 Å². The first kappa shape index (κ1) is 12.0. The summed E-state index contributed by atoms with van der Waals surface area (Å²) in [6, 6.07) is 1.34. The Kier molecular flexibility index (Phi) is 3.66. The van der Waals surface area contributed by atoms with Crippen molar-refractivity contribution in [1.82, 2.24) is 10.0 Å². The van der Waals surface area contributed by atoms with Gasteiger partial charge in [0.25, 0.3) is 10.0 Å². The van der Waals surface area contributed by atoms with Crippen LogP contribution < -0.4 is 15.8 Å². The number of thiophene rings is 1. The second-order valence-electron chi connectivity index (χ2n) is 2.70. The minimum absolute atomic E-state index is 0.101. The monoisotopic (exact) mass is 249 g/mol. The molecule has 4 N–H and O–H groups in total. The molecule has 1 amide bonds. The highest BCUT2D eigenvalue weighted by atomic mass is 32.2. The number of nitrogen functional groups attached to an aromatic ring is 1. The first-order valence-corrected chi connectivity index (χ1v) is 6.36. The molecule has 0 fully saturated rings. The van der Waals surface area contributed by atoms with Crippen LogP contribution >= 0.6 is 11.3 Å². The standard InChI is InChI=1S/C7H11N3O3S2/c1-9-6(11)3-10-15(12,13)7-2-5(8)4-14-7/h2,4,10H,3,8H2,1H3,(H,9,11). The number of likely N-dealkylation sites (N-methyl/N-ethyl adjacent to an activating group) is 1. The molecule has 0 radical (unpaired) electrons. The molecule has 1 aromatic rings. The Morgan fingerprint density at radius 2 is 2.27 bits per heavy atom. The number of amides is 1. The molecule has 0 aliphatic rings. The molecule has 0 aromatic carbocycles. The molecule has 0 spiro atoms. The number of nitrogens with one attached hydrogen (secondary N) is 2. The van der Waals surface area contributed by atoms with Crippen molar-refractivity contribution in [2.45, 2.75) is 4.21 Å². The molecular formula is C7H11N3O3S2. The lowest BCUT2D eigenvalue weighted by Crippen LogP contribution is -2.34. The van der Waals surface area contributed by atoms with Crippen LogP contribution in [0.1, 0.15) is 0 Å². The van der Waals surface area contributed by atoms with Gasteiger partial charge in [0.15, 0.2) is 0 Å². The second-order valence-corrected chi connectivity index (χ2v) is 5.60. The van der Waals surface area contributed by atoms with Gasteiger partial charge in [-0.1, -0.05) is 0 Å². The molecule has 0 saturated carbocycles. The van der Waals surface area contributed by atoms with E-state index in [0.29, 0.717) is 5.69 Å². The van der Waals surface area contributed by atoms with Crippen LogP contribution in [-0.4, -0.2) is 27.9 Å². The van der Waals surface area contributed by atoms with Crippen molar-refractivity contribution in [2.24, 2.45) is 0 Å². The Morgan fingerprint density at radius 3 is 2.73 bits per heavy atom. The number of sulfonamides is 1. The molecule has 84 valence electrons. The van der Waals surface area contributed by atoms with Crippen LogP contribution in [0.4, 0.5) is 5.69 Å². The summed E-state index contributed by atoms with van der Waals surface area (Å²) in [5.41, 5.74) is 5.79. The van der Waals surface area contributed by atoms with Crippen LogP contribution in [-0.2, 0) is 14.8 Å². The fraction of sp³-hybridized carbons (Fsp3) is 0.286. The van der Waals surface area contributed by atoms with Crippen molar-refractivity contribution in [3.63, 3.8) is 0 Å². The summed E-state index contributed by atoms with van der Waals surface area (Å²) in [5.74, 6) is -0.400. The fourth-order valence-electron chi connectivity index (χ4n) is 0.791. The second kappa shape index (κ2) is 4.60. The SMILES string of the molecule is CNC(=O)CNS(=O)(=O)c1cc(N)cs1. The van der Waals surface area contributed by atoms with E-state index in [1.165, 1.54) is 18.5 Å². The van der Waals surface area contributed by atoms with E-state index >= 15 is 0 Å². The van der Waals surface area contributed by atoms with Crippen LogP contribution in [0.25, 0.3) is 0 Å². The van der Waals surface area contributed by atoms with Crippen molar-refractivity contribution in [2.75, 3.05) is 19.3 Å². The van der Waals surface area contributed by atoms with Crippen molar-refractivity contribution in [3.8, 4) is 0 Å². The Bertz CT molecular complexity index is 452. The first-order valence-electron chi connectivity index (χ1n) is 4.00. The maximum absolute atomic E-state index is 11.5. The van der Waals surface area contributed by atoms with Gasteiger partial charge in [-0.25, -0.2) is 13.1 Å². The average molecular weight is 249 g/mol. The summed E-state index contributed by atoms with van der Waals surface area (Å²) in [6.45, 7) is -0.281. The van der Waals surface area contributed by atoms with Crippen molar-refractivity contribution in [1.29, 1.82) is 0 Å². The molecule has 6 nitrogen and oxygen atoms in total. The van der Waals surface area contributed by atoms with Crippen LogP contribution in [0.3, 0.4) is 0 Å². The van der Waals surface area contributed by atoms with Gasteiger partial charge < -0.3 is 11.1 Å². The van der Waals surface area contributed by atoms with Gasteiger partial charge in [0.05, 0.1) is 6.54 Å². The van der Waals surface area contributed by atoms with Gasteiger partial charge in [0.2, 0.25) is 5.91 Å². The summed E-state index contributed by atoms with van der Waals surface area (Å²) < 4.78 is 25.3. The minimum Gasteiger partial charge on any atom is -0.398 e. The zero-order chi connectivity index (χ0) is 11.5. The third kappa shape index (κ3) is 3.18. The molecule has 0 aliphatic heterocycles. The molecule has 1 heterocycles. The van der Waals surface area contributed by atoms with Gasteiger partial charge in [-0.2, -0.15) is 0 Å². The van der Waals surface area contributed by atoms with E-state index in [9.17, 15) is 13.2 Å². The normalized spacial score (nSPS) is 11.3. The van der Waals surface area contributed by atoms with Crippen LogP contribution in [0, 0.1) is 0 Å². The number of nitrogens with two attached hydrogens (primary N) is 1. The van der Waals surface area contributed by atoms with Crippen molar-refractivity contribution >= 4 is 33.0 Å². The molecule has 0 aliphatic carbocycles. The fourth-order valence-corrected chi connectivity index (χ4v) is 2.90. The third-order valence-corrected chi connectivity index (χ3v) is 4.42. The maximum Gasteiger partial charge on any atom is 0.250 e. The first-order chi connectivity index (χ1) is 6.95. The number of hydrogen-bond acceptors (Lipinski definition) is 5. The van der Waals surface area contributed by atoms with Crippen LogP contribution in [0.15, 0.2) is 15.7 Å². The van der Waals surface area contributed by atoms with E-state index in [0.717, 1.165) is 11.3 Å². The van der Waals surface area contributed by atoms with E-state index in [1.807, 2.05) is 0 Å². The van der Waals surface area contributed by atoms with Crippen LogP contribution in [0.5, 0.6) is 0 Å². The van der Waals surface area contributed by atoms with Gasteiger partial charge in [-0.05, 0) is 6.07 Å². The molecule has 1 rings (SSSR count). The molecule has 0 saturated heterocycles. The van der Waals surface area contributed by atoms with E-state index in [1.54, 1.807) is 0 Å². The van der Waals surface area contributed by atoms with Crippen molar-refractivity contribution in [3.05, 3.63) is 11.4 Å². The number of hydrogen-bond donors (Lipinski definition) is 3. The topological polar surface area (TPSA) is 101 Å². The number of anilines is 1. The molecule has 8 heteroatoms. The molecule has 0 bridgehead atoms. The summed E-state index contributed by atoms with van der Waals surface area (Å²) in [5, 5.41) is 3.83. The van der Waals surface area contributed by atoms with E-state index in [2.05, 4.69) is 10.0 Å². The van der Waals surface area contributed by atoms with Gasteiger partial charge in [0, 0.05) is 18.1 Å². The summed E-state index contributed by atoms with van der Waals surface area (Å²) in [4.78, 5) is 10.8. The Hall–Kier alpha value is -1.12. The number of carbonyl (C=O) groups is 1. The number of rotatable bonds is 4. The van der Waals surface area contributed by atoms with Crippen molar-refractivity contribution < 1.29 is 13.2 Å².